The van der Waals surface area contributed by atoms with Crippen LogP contribution < -0.4 is 5.32 Å². The number of hydrogen-bond donors (Lipinski definition) is 1. The molecule has 0 radical (unpaired) electrons. The number of nitriles is 1. The van der Waals surface area contributed by atoms with Crippen molar-refractivity contribution in [2.24, 2.45) is 11.8 Å². The molecule has 0 bridgehead atoms. The zero-order valence-corrected chi connectivity index (χ0v) is 10.7. The maximum atomic E-state index is 11.7. The number of thioether (sulfide) groups is 1. The highest BCUT2D eigenvalue weighted by molar-refractivity contribution is 7.99. The third-order valence-corrected chi connectivity index (χ3v) is 4.00. The van der Waals surface area contributed by atoms with Crippen LogP contribution in [0, 0.1) is 23.2 Å². The van der Waals surface area contributed by atoms with Crippen molar-refractivity contribution < 1.29 is 4.79 Å². The van der Waals surface area contributed by atoms with Crippen molar-refractivity contribution in [1.82, 2.24) is 5.32 Å². The molecule has 0 aromatic rings. The second-order valence-corrected chi connectivity index (χ2v) is 5.50. The molecule has 1 aliphatic heterocycles. The Morgan fingerprint density at radius 1 is 1.56 bits per heavy atom. The van der Waals surface area contributed by atoms with Gasteiger partial charge in [-0.05, 0) is 36.7 Å². The Morgan fingerprint density at radius 3 is 2.81 bits per heavy atom. The van der Waals surface area contributed by atoms with Crippen LogP contribution in [0.4, 0.5) is 0 Å². The Kier molecular flexibility index (Phi) is 6.32. The van der Waals surface area contributed by atoms with E-state index in [1.807, 2.05) is 18.7 Å². The first-order chi connectivity index (χ1) is 7.77. The Hall–Kier alpha value is -0.690. The van der Waals surface area contributed by atoms with E-state index in [1.165, 1.54) is 24.3 Å². The van der Waals surface area contributed by atoms with E-state index in [-0.39, 0.29) is 5.91 Å². The molecule has 0 saturated carbocycles. The summed E-state index contributed by atoms with van der Waals surface area (Å²) in [5, 5.41) is 11.8. The van der Waals surface area contributed by atoms with Gasteiger partial charge in [0.2, 0.25) is 5.91 Å². The molecule has 1 amide bonds. The number of nitrogens with one attached hydrogen (secondary N) is 1. The molecule has 0 aromatic carbocycles. The molecule has 1 rings (SSSR count). The molecule has 16 heavy (non-hydrogen) atoms. The number of nitrogens with zero attached hydrogens (tertiary/aromatic N) is 1. The van der Waals surface area contributed by atoms with E-state index in [1.54, 1.807) is 0 Å². The van der Waals surface area contributed by atoms with Crippen LogP contribution in [0.5, 0.6) is 0 Å². The van der Waals surface area contributed by atoms with E-state index in [2.05, 4.69) is 11.4 Å². The van der Waals surface area contributed by atoms with Crippen LogP contribution in [0.1, 0.15) is 32.6 Å². The van der Waals surface area contributed by atoms with Crippen LogP contribution >= 0.6 is 11.8 Å². The van der Waals surface area contributed by atoms with E-state index < -0.39 is 5.92 Å². The average Bonchev–Trinajstić information content (AvgIpc) is 2.34. The minimum absolute atomic E-state index is 0.0809. The maximum absolute atomic E-state index is 11.7. The summed E-state index contributed by atoms with van der Waals surface area (Å²) in [5.41, 5.74) is 0. The first kappa shape index (κ1) is 13.4. The summed E-state index contributed by atoms with van der Waals surface area (Å²) in [6, 6.07) is 2.07. The number of hydrogen-bond acceptors (Lipinski definition) is 3. The van der Waals surface area contributed by atoms with E-state index in [9.17, 15) is 4.79 Å². The lowest BCUT2D eigenvalue weighted by Crippen LogP contribution is -2.35. The average molecular weight is 240 g/mol. The van der Waals surface area contributed by atoms with E-state index in [4.69, 9.17) is 5.26 Å². The first-order valence-electron chi connectivity index (χ1n) is 6.03. The fourth-order valence-corrected chi connectivity index (χ4v) is 3.07. The van der Waals surface area contributed by atoms with Crippen LogP contribution in [-0.4, -0.2) is 24.0 Å². The van der Waals surface area contributed by atoms with E-state index in [0.717, 1.165) is 13.0 Å². The lowest BCUT2D eigenvalue weighted by Gasteiger charge is -2.22. The molecule has 0 aliphatic carbocycles. The van der Waals surface area contributed by atoms with Crippen molar-refractivity contribution in [2.75, 3.05) is 18.1 Å². The third kappa shape index (κ3) is 4.44. The predicted octanol–water partition coefficient (Wildman–Crippen LogP) is 2.19. The van der Waals surface area contributed by atoms with Crippen molar-refractivity contribution in [3.63, 3.8) is 0 Å². The van der Waals surface area contributed by atoms with Gasteiger partial charge in [-0.25, -0.2) is 0 Å². The van der Waals surface area contributed by atoms with Gasteiger partial charge in [-0.3, -0.25) is 4.79 Å². The zero-order chi connectivity index (χ0) is 11.8. The molecule has 1 unspecified atom stereocenters. The molecule has 1 N–H and O–H groups in total. The number of carbonyl (C=O) groups is 1. The SMILES string of the molecule is CCCC(C#N)C(=O)NCC1CCSCC1. The molecule has 1 heterocycles. The number of carbonyl (C=O) groups excluding carboxylic acids is 1. The van der Waals surface area contributed by atoms with Gasteiger partial charge in [0.05, 0.1) is 6.07 Å². The van der Waals surface area contributed by atoms with Gasteiger partial charge in [-0.1, -0.05) is 13.3 Å². The highest BCUT2D eigenvalue weighted by Gasteiger charge is 2.19. The summed E-state index contributed by atoms with van der Waals surface area (Å²) in [4.78, 5) is 11.7. The summed E-state index contributed by atoms with van der Waals surface area (Å²) in [7, 11) is 0. The lowest BCUT2D eigenvalue weighted by molar-refractivity contribution is -0.123. The van der Waals surface area contributed by atoms with Crippen molar-refractivity contribution in [2.45, 2.75) is 32.6 Å². The van der Waals surface area contributed by atoms with Crippen LogP contribution in [0.25, 0.3) is 0 Å². The molecule has 90 valence electrons. The molecule has 1 atom stereocenters. The van der Waals surface area contributed by atoms with Crippen molar-refractivity contribution >= 4 is 17.7 Å². The number of amides is 1. The van der Waals surface area contributed by atoms with Crippen molar-refractivity contribution in [3.05, 3.63) is 0 Å². The van der Waals surface area contributed by atoms with Gasteiger partial charge in [-0.15, -0.1) is 0 Å². The quantitative estimate of drug-likeness (QED) is 0.801. The van der Waals surface area contributed by atoms with Gasteiger partial charge in [0.1, 0.15) is 5.92 Å². The molecule has 1 aliphatic rings. The van der Waals surface area contributed by atoms with E-state index >= 15 is 0 Å². The molecule has 1 fully saturated rings. The van der Waals surface area contributed by atoms with Crippen molar-refractivity contribution in [1.29, 1.82) is 5.26 Å². The van der Waals surface area contributed by atoms with Gasteiger partial charge in [0.25, 0.3) is 0 Å². The van der Waals surface area contributed by atoms with Gasteiger partial charge in [0, 0.05) is 6.54 Å². The normalized spacial score (nSPS) is 18.8. The standard InChI is InChI=1S/C12H20N2OS/c1-2-3-11(8-13)12(15)14-9-10-4-6-16-7-5-10/h10-11H,2-7,9H2,1H3,(H,14,15). The summed E-state index contributed by atoms with van der Waals surface area (Å²) >= 11 is 1.99. The minimum Gasteiger partial charge on any atom is -0.355 e. The Morgan fingerprint density at radius 2 is 2.25 bits per heavy atom. The monoisotopic (exact) mass is 240 g/mol. The molecule has 0 spiro atoms. The Labute approximate surface area is 102 Å². The molecule has 3 nitrogen and oxygen atoms in total. The maximum Gasteiger partial charge on any atom is 0.237 e. The summed E-state index contributed by atoms with van der Waals surface area (Å²) in [6.45, 7) is 2.75. The molecule has 4 heteroatoms. The smallest absolute Gasteiger partial charge is 0.237 e. The lowest BCUT2D eigenvalue weighted by atomic mass is 10.0. The second kappa shape index (κ2) is 7.56. The topological polar surface area (TPSA) is 52.9 Å². The van der Waals surface area contributed by atoms with Crippen LogP contribution in [0.15, 0.2) is 0 Å². The summed E-state index contributed by atoms with van der Waals surface area (Å²) in [6.07, 6.45) is 3.93. The van der Waals surface area contributed by atoms with Gasteiger partial charge in [-0.2, -0.15) is 17.0 Å². The van der Waals surface area contributed by atoms with Crippen molar-refractivity contribution in [3.8, 4) is 6.07 Å². The Balaban J connectivity index is 2.25. The summed E-state index contributed by atoms with van der Waals surface area (Å²) in [5.74, 6) is 2.49. The highest BCUT2D eigenvalue weighted by atomic mass is 32.2. The van der Waals surface area contributed by atoms with Crippen LogP contribution in [-0.2, 0) is 4.79 Å². The minimum atomic E-state index is -0.456. The fourth-order valence-electron chi connectivity index (χ4n) is 1.86. The van der Waals surface area contributed by atoms with Gasteiger partial charge in [0.15, 0.2) is 0 Å². The van der Waals surface area contributed by atoms with E-state index in [0.29, 0.717) is 12.3 Å². The highest BCUT2D eigenvalue weighted by Crippen LogP contribution is 2.21. The first-order valence-corrected chi connectivity index (χ1v) is 7.18. The van der Waals surface area contributed by atoms with Crippen LogP contribution in [0.3, 0.4) is 0 Å². The molecular formula is C12H20N2OS. The number of rotatable bonds is 5. The van der Waals surface area contributed by atoms with Gasteiger partial charge < -0.3 is 5.32 Å². The largest absolute Gasteiger partial charge is 0.355 e. The van der Waals surface area contributed by atoms with Crippen LogP contribution in [0.2, 0.25) is 0 Å². The third-order valence-electron chi connectivity index (χ3n) is 2.96. The molecule has 0 aromatic heterocycles. The molecule has 1 saturated heterocycles. The fraction of sp³-hybridized carbons (Fsp3) is 0.833. The molecular weight excluding hydrogens is 220 g/mol. The second-order valence-electron chi connectivity index (χ2n) is 4.27. The van der Waals surface area contributed by atoms with Gasteiger partial charge >= 0.3 is 0 Å². The summed E-state index contributed by atoms with van der Waals surface area (Å²) < 4.78 is 0. The zero-order valence-electron chi connectivity index (χ0n) is 9.87. The predicted molar refractivity (Wildman–Crippen MR) is 67.1 cm³/mol. The Bertz CT molecular complexity index is 256.